The Labute approximate surface area is 182 Å². The van der Waals surface area contributed by atoms with E-state index in [1.54, 1.807) is 0 Å². The summed E-state index contributed by atoms with van der Waals surface area (Å²) in [4.78, 5) is 53.1. The summed E-state index contributed by atoms with van der Waals surface area (Å²) >= 11 is 5.74. The molecule has 0 bridgehead atoms. The van der Waals surface area contributed by atoms with Crippen molar-refractivity contribution in [1.29, 1.82) is 0 Å². The third kappa shape index (κ3) is 5.88. The molecule has 1 aliphatic rings. The Hall–Kier alpha value is -1.07. The SMILES string of the molecule is Nc1nc(Cl)nc2c1ncn2[C@@H]1O[C@H](COP(=O)([O-])OP(=O)([O-])OP(=O)([O-])O)[C@@H](O)[C@H]1O. The number of fused-ring (bicyclic) bond motifs is 1. The number of aliphatic hydroxyl groups excluding tert-OH is 2. The molecule has 3 rings (SSSR count). The molecule has 7 atom stereocenters. The van der Waals surface area contributed by atoms with Crippen molar-refractivity contribution in [2.24, 2.45) is 0 Å². The van der Waals surface area contributed by atoms with Crippen LogP contribution in [0.3, 0.4) is 0 Å². The van der Waals surface area contributed by atoms with Gasteiger partial charge in [0.2, 0.25) is 5.28 Å². The van der Waals surface area contributed by atoms with Crippen molar-refractivity contribution in [3.8, 4) is 0 Å². The van der Waals surface area contributed by atoms with E-state index in [0.717, 1.165) is 10.9 Å². The lowest BCUT2D eigenvalue weighted by molar-refractivity contribution is -0.250. The molecule has 2 aromatic rings. The average Bonchev–Trinajstić information content (AvgIpc) is 3.12. The molecular formula is C10H12ClN5O13P3-3. The highest BCUT2D eigenvalue weighted by Gasteiger charge is 2.45. The van der Waals surface area contributed by atoms with Crippen LogP contribution in [0.4, 0.5) is 5.82 Å². The standard InChI is InChI=1S/C10H15ClN5O13P3/c11-10-14-7(12)4-8(15-10)16(2-13-4)9-6(18)5(17)3(27-9)1-26-31(22,23)29-32(24,25)28-30(19,20)21/h2-3,5-6,9,17-18H,1H2,(H,22,23)(H,24,25)(H2,12,14,15)(H2,19,20,21)/p-3/t3-,5-,6-,9-/m1/s1. The molecular weight excluding hydrogens is 527 g/mol. The molecule has 0 radical (unpaired) electrons. The smallest absolute Gasteiger partial charge is 0.280 e. The van der Waals surface area contributed by atoms with E-state index in [4.69, 9.17) is 27.0 Å². The summed E-state index contributed by atoms with van der Waals surface area (Å²) in [5, 5.41) is 20.1. The monoisotopic (exact) mass is 538 g/mol. The molecule has 5 N–H and O–H groups in total. The lowest BCUT2D eigenvalue weighted by Gasteiger charge is -2.33. The van der Waals surface area contributed by atoms with Crippen LogP contribution < -0.4 is 20.4 Å². The summed E-state index contributed by atoms with van der Waals surface area (Å²) in [6.45, 7) is -1.09. The van der Waals surface area contributed by atoms with Crippen molar-refractivity contribution in [1.82, 2.24) is 19.5 Å². The molecule has 1 saturated heterocycles. The van der Waals surface area contributed by atoms with E-state index in [1.807, 2.05) is 0 Å². The van der Waals surface area contributed by atoms with E-state index in [2.05, 4.69) is 28.1 Å². The number of aromatic nitrogens is 4. The molecule has 0 saturated carbocycles. The first-order valence-electron chi connectivity index (χ1n) is 7.99. The maximum Gasteiger partial charge on any atom is 0.280 e. The fraction of sp³-hybridized carbons (Fsp3) is 0.500. The van der Waals surface area contributed by atoms with Crippen LogP contribution in [-0.2, 0) is 31.6 Å². The number of nitrogens with zero attached hydrogens (tertiary/aromatic N) is 4. The van der Waals surface area contributed by atoms with Gasteiger partial charge in [0, 0.05) is 0 Å². The topological polar surface area (TPSA) is 288 Å². The highest BCUT2D eigenvalue weighted by atomic mass is 35.5. The Bertz CT molecular complexity index is 1160. The van der Waals surface area contributed by atoms with Crippen LogP contribution in [0, 0.1) is 0 Å². The summed E-state index contributed by atoms with van der Waals surface area (Å²) in [6, 6.07) is 0. The molecule has 32 heavy (non-hydrogen) atoms. The Morgan fingerprint density at radius 1 is 1.16 bits per heavy atom. The number of ether oxygens (including phenoxy) is 1. The van der Waals surface area contributed by atoms with Gasteiger partial charge in [0.15, 0.2) is 17.7 Å². The molecule has 2 aromatic heterocycles. The van der Waals surface area contributed by atoms with Crippen molar-refractivity contribution in [3.05, 3.63) is 11.6 Å². The third-order valence-corrected chi connectivity index (χ3v) is 7.69. The number of hydrogen-bond acceptors (Lipinski definition) is 16. The number of anilines is 1. The Balaban J connectivity index is 1.72. The van der Waals surface area contributed by atoms with Gasteiger partial charge in [-0.05, 0) is 11.6 Å². The first-order chi connectivity index (χ1) is 14.6. The van der Waals surface area contributed by atoms with Gasteiger partial charge in [0.1, 0.15) is 23.8 Å². The van der Waals surface area contributed by atoms with E-state index in [1.165, 1.54) is 0 Å². The van der Waals surface area contributed by atoms with Crippen LogP contribution in [0.2, 0.25) is 5.28 Å². The fourth-order valence-corrected chi connectivity index (χ4v) is 5.71. The number of rotatable bonds is 8. The zero-order valence-corrected chi connectivity index (χ0v) is 18.5. The second-order valence-electron chi connectivity index (χ2n) is 6.07. The number of nitrogens with two attached hydrogens (primary N) is 1. The van der Waals surface area contributed by atoms with Crippen molar-refractivity contribution in [2.75, 3.05) is 12.3 Å². The third-order valence-electron chi connectivity index (χ3n) is 3.83. The summed E-state index contributed by atoms with van der Waals surface area (Å²) in [5.41, 5.74) is 5.76. The highest BCUT2D eigenvalue weighted by molar-refractivity contribution is 7.65. The van der Waals surface area contributed by atoms with Crippen molar-refractivity contribution < 1.29 is 61.4 Å². The van der Waals surface area contributed by atoms with Gasteiger partial charge in [-0.3, -0.25) is 18.3 Å². The van der Waals surface area contributed by atoms with Gasteiger partial charge in [-0.2, -0.15) is 9.97 Å². The van der Waals surface area contributed by atoms with E-state index in [0.29, 0.717) is 0 Å². The minimum atomic E-state index is -6.09. The van der Waals surface area contributed by atoms with Gasteiger partial charge >= 0.3 is 0 Å². The van der Waals surface area contributed by atoms with Gasteiger partial charge in [-0.1, -0.05) is 0 Å². The lowest BCUT2D eigenvalue weighted by Crippen LogP contribution is -2.34. The van der Waals surface area contributed by atoms with Crippen LogP contribution in [0.15, 0.2) is 6.33 Å². The van der Waals surface area contributed by atoms with Gasteiger partial charge in [-0.15, -0.1) is 0 Å². The molecule has 3 unspecified atom stereocenters. The second-order valence-corrected chi connectivity index (χ2v) is 10.7. The average molecular weight is 539 g/mol. The number of phosphoric acid groups is 3. The zero-order chi connectivity index (χ0) is 24.1. The van der Waals surface area contributed by atoms with Gasteiger partial charge in [0.25, 0.3) is 23.5 Å². The quantitative estimate of drug-likeness (QED) is 0.194. The summed E-state index contributed by atoms with van der Waals surface area (Å²) in [5.74, 6) is -0.0918. The molecule has 3 heterocycles. The molecule has 18 nitrogen and oxygen atoms in total. The van der Waals surface area contributed by atoms with Crippen molar-refractivity contribution in [2.45, 2.75) is 24.5 Å². The maximum absolute atomic E-state index is 11.6. The van der Waals surface area contributed by atoms with Gasteiger partial charge < -0.3 is 44.8 Å². The number of nitrogen functional groups attached to an aromatic ring is 1. The maximum atomic E-state index is 11.6. The van der Waals surface area contributed by atoms with E-state index in [9.17, 15) is 38.6 Å². The van der Waals surface area contributed by atoms with Crippen molar-refractivity contribution >= 4 is 52.1 Å². The van der Waals surface area contributed by atoms with Gasteiger partial charge in [0.05, 0.1) is 12.9 Å². The first-order valence-corrected chi connectivity index (χ1v) is 12.8. The minimum absolute atomic E-state index is 0.00800. The van der Waals surface area contributed by atoms with Crippen molar-refractivity contribution in [3.63, 3.8) is 0 Å². The predicted octanol–water partition coefficient (Wildman–Crippen LogP) is -2.87. The zero-order valence-electron chi connectivity index (χ0n) is 15.1. The Morgan fingerprint density at radius 3 is 2.44 bits per heavy atom. The van der Waals surface area contributed by atoms with Crippen LogP contribution in [-0.4, -0.2) is 59.5 Å². The van der Waals surface area contributed by atoms with Crippen LogP contribution in [0.25, 0.3) is 11.2 Å². The largest absolute Gasteiger partial charge is 0.756 e. The molecule has 1 aliphatic heterocycles. The molecule has 1 fully saturated rings. The Morgan fingerprint density at radius 2 is 1.81 bits per heavy atom. The molecule has 180 valence electrons. The molecule has 0 aliphatic carbocycles. The number of aliphatic hydroxyl groups is 2. The number of halogens is 1. The molecule has 0 aromatic carbocycles. The predicted molar refractivity (Wildman–Crippen MR) is 93.8 cm³/mol. The molecule has 0 spiro atoms. The van der Waals surface area contributed by atoms with Crippen LogP contribution in [0.5, 0.6) is 0 Å². The van der Waals surface area contributed by atoms with E-state index in [-0.39, 0.29) is 22.3 Å². The first kappa shape index (κ1) is 25.6. The summed E-state index contributed by atoms with van der Waals surface area (Å²) in [7, 11) is -17.8. The minimum Gasteiger partial charge on any atom is -0.756 e. The number of phosphoric ester groups is 1. The van der Waals surface area contributed by atoms with Crippen LogP contribution in [0.1, 0.15) is 6.23 Å². The second kappa shape index (κ2) is 8.94. The van der Waals surface area contributed by atoms with E-state index < -0.39 is 54.6 Å². The fourth-order valence-electron chi connectivity index (χ4n) is 2.65. The molecule has 22 heteroatoms. The van der Waals surface area contributed by atoms with Crippen LogP contribution >= 0.6 is 35.1 Å². The number of imidazole rings is 1. The summed E-state index contributed by atoms with van der Waals surface area (Å²) in [6.07, 6.45) is -5.28. The van der Waals surface area contributed by atoms with E-state index >= 15 is 0 Å². The van der Waals surface area contributed by atoms with Gasteiger partial charge in [-0.25, -0.2) is 13.6 Å². The highest BCUT2D eigenvalue weighted by Crippen LogP contribution is 2.61. The molecule has 0 amide bonds. The normalized spacial score (nSPS) is 29.5. The summed E-state index contributed by atoms with van der Waals surface area (Å²) < 4.78 is 50.5. The number of hydrogen-bond donors (Lipinski definition) is 4. The Kier molecular flexibility index (Phi) is 7.14. The lowest BCUT2D eigenvalue weighted by atomic mass is 10.1.